The highest BCUT2D eigenvalue weighted by molar-refractivity contribution is 5.81. The van der Waals surface area contributed by atoms with Gasteiger partial charge in [-0.1, -0.05) is 19.8 Å². The number of aromatic nitrogens is 4. The minimum Gasteiger partial charge on any atom is -0.481 e. The van der Waals surface area contributed by atoms with Gasteiger partial charge in [-0.2, -0.15) is 0 Å². The third kappa shape index (κ3) is 3.74. The topological polar surface area (TPSA) is 163 Å². The van der Waals surface area contributed by atoms with E-state index in [0.29, 0.717) is 6.42 Å². The summed E-state index contributed by atoms with van der Waals surface area (Å²) in [5, 5.41) is 21.2. The first kappa shape index (κ1) is 23.4. The van der Waals surface area contributed by atoms with E-state index in [1.165, 1.54) is 13.3 Å². The quantitative estimate of drug-likeness (QED) is 0.392. The summed E-state index contributed by atoms with van der Waals surface area (Å²) in [6.45, 7) is 2.29. The third-order valence-corrected chi connectivity index (χ3v) is 5.54. The number of carboxylic acid groups (broad SMARTS) is 1. The Hall–Kier alpha value is -3.30. The number of terminal acetylenes is 1. The van der Waals surface area contributed by atoms with Gasteiger partial charge in [0.25, 0.3) is 5.85 Å². The monoisotopic (exact) mass is 449 g/mol. The zero-order valence-corrected chi connectivity index (χ0v) is 17.6. The highest BCUT2D eigenvalue weighted by atomic mass is 19.2. The van der Waals surface area contributed by atoms with E-state index >= 15 is 4.39 Å². The molecular formula is C20H24FN5O6. The van der Waals surface area contributed by atoms with E-state index in [0.717, 1.165) is 10.9 Å². The maximum atomic E-state index is 16.3. The van der Waals surface area contributed by atoms with Crippen LogP contribution in [0.3, 0.4) is 0 Å². The average molecular weight is 449 g/mol. The first-order chi connectivity index (χ1) is 15.1. The van der Waals surface area contributed by atoms with E-state index in [4.69, 9.17) is 21.6 Å². The van der Waals surface area contributed by atoms with Gasteiger partial charge < -0.3 is 25.4 Å². The van der Waals surface area contributed by atoms with Gasteiger partial charge in [0.15, 0.2) is 29.9 Å². The Bertz CT molecular complexity index is 1070. The van der Waals surface area contributed by atoms with Crippen LogP contribution in [0.4, 0.5) is 10.2 Å². The lowest BCUT2D eigenvalue weighted by Gasteiger charge is -2.34. The van der Waals surface area contributed by atoms with Crippen LogP contribution in [0.25, 0.3) is 11.2 Å². The van der Waals surface area contributed by atoms with Crippen LogP contribution in [0, 0.1) is 24.2 Å². The van der Waals surface area contributed by atoms with Crippen molar-refractivity contribution in [2.45, 2.75) is 50.8 Å². The number of nitrogens with zero attached hydrogens (tertiary/aromatic N) is 4. The lowest BCUT2D eigenvalue weighted by atomic mass is 9.74. The number of carbonyl (C=O) groups is 2. The van der Waals surface area contributed by atoms with Crippen molar-refractivity contribution in [3.63, 3.8) is 0 Å². The first-order valence-corrected chi connectivity index (χ1v) is 10.0. The van der Waals surface area contributed by atoms with Crippen LogP contribution in [0.5, 0.6) is 0 Å². The van der Waals surface area contributed by atoms with E-state index < -0.39 is 48.1 Å². The summed E-state index contributed by atoms with van der Waals surface area (Å²) in [6, 6.07) is 0. The van der Waals surface area contributed by atoms with Gasteiger partial charge >= 0.3 is 11.9 Å². The molecule has 0 amide bonds. The lowest BCUT2D eigenvalue weighted by Crippen LogP contribution is -2.51. The van der Waals surface area contributed by atoms with Crippen LogP contribution >= 0.6 is 0 Å². The second-order valence-electron chi connectivity index (χ2n) is 7.55. The maximum Gasteiger partial charge on any atom is 0.307 e. The Morgan fingerprint density at radius 3 is 2.75 bits per heavy atom. The molecule has 1 aliphatic heterocycles. The van der Waals surface area contributed by atoms with Crippen LogP contribution in [0.1, 0.15) is 39.3 Å². The largest absolute Gasteiger partial charge is 0.481 e. The fourth-order valence-corrected chi connectivity index (χ4v) is 4.04. The molecule has 0 saturated carbocycles. The van der Waals surface area contributed by atoms with Gasteiger partial charge in [0.2, 0.25) is 0 Å². The molecule has 4 N–H and O–H groups in total. The number of hydrogen-bond donors (Lipinski definition) is 3. The highest BCUT2D eigenvalue weighted by Crippen LogP contribution is 2.54. The normalized spacial score (nSPS) is 28.3. The number of nitrogen functional groups attached to an aromatic ring is 1. The molecule has 1 saturated heterocycles. The van der Waals surface area contributed by atoms with Gasteiger partial charge in [-0.3, -0.25) is 14.2 Å². The molecule has 3 rings (SSSR count). The average Bonchev–Trinajstić information content (AvgIpc) is 3.27. The number of aliphatic carboxylic acids is 1. The summed E-state index contributed by atoms with van der Waals surface area (Å²) in [5.41, 5.74) is 3.57. The molecule has 3 heterocycles. The number of nitrogens with two attached hydrogens (primary N) is 1. The summed E-state index contributed by atoms with van der Waals surface area (Å²) >= 11 is 0. The van der Waals surface area contributed by atoms with Crippen molar-refractivity contribution < 1.29 is 33.7 Å². The molecule has 0 spiro atoms. The molecule has 1 fully saturated rings. The molecule has 1 unspecified atom stereocenters. The smallest absolute Gasteiger partial charge is 0.307 e. The third-order valence-electron chi connectivity index (χ3n) is 5.54. The minimum atomic E-state index is -2.91. The van der Waals surface area contributed by atoms with Crippen LogP contribution in [0.15, 0.2) is 12.7 Å². The molecule has 2 aromatic heterocycles. The Morgan fingerprint density at radius 2 is 2.16 bits per heavy atom. The molecule has 32 heavy (non-hydrogen) atoms. The predicted octanol–water partition coefficient (Wildman–Crippen LogP) is 1.04. The molecular weight excluding hydrogens is 425 g/mol. The van der Waals surface area contributed by atoms with Crippen LogP contribution in [-0.4, -0.2) is 59.7 Å². The Kier molecular flexibility index (Phi) is 6.34. The molecule has 172 valence electrons. The number of hydrogen-bond acceptors (Lipinski definition) is 9. The number of ether oxygens (including phenoxy) is 2. The summed E-state index contributed by atoms with van der Waals surface area (Å²) < 4.78 is 28.0. The lowest BCUT2D eigenvalue weighted by molar-refractivity contribution is -0.212. The molecule has 0 bridgehead atoms. The molecule has 2 aromatic rings. The highest BCUT2D eigenvalue weighted by Gasteiger charge is 2.68. The molecule has 11 nitrogen and oxygen atoms in total. The minimum absolute atomic E-state index is 0.0298. The number of alkyl halides is 1. The number of halogens is 1. The van der Waals surface area contributed by atoms with E-state index in [-0.39, 0.29) is 29.8 Å². The number of aliphatic hydroxyl groups is 1. The second kappa shape index (κ2) is 8.68. The molecule has 12 heteroatoms. The second-order valence-corrected chi connectivity index (χ2v) is 7.55. The molecule has 0 radical (unpaired) electrons. The Labute approximate surface area is 182 Å². The Morgan fingerprint density at radius 1 is 1.44 bits per heavy atom. The van der Waals surface area contributed by atoms with Crippen LogP contribution in [-0.2, 0) is 19.1 Å². The number of carbonyl (C=O) groups excluding carboxylic acids is 1. The van der Waals surface area contributed by atoms with Crippen molar-refractivity contribution in [2.24, 2.45) is 11.8 Å². The van der Waals surface area contributed by atoms with Crippen molar-refractivity contribution in [3.8, 4) is 12.3 Å². The molecule has 1 aliphatic rings. The van der Waals surface area contributed by atoms with Gasteiger partial charge in [0.05, 0.1) is 18.2 Å². The van der Waals surface area contributed by atoms with Crippen LogP contribution < -0.4 is 5.73 Å². The predicted molar refractivity (Wildman–Crippen MR) is 108 cm³/mol. The summed E-state index contributed by atoms with van der Waals surface area (Å²) in [5.74, 6) is -6.09. The Balaban J connectivity index is 2.13. The van der Waals surface area contributed by atoms with E-state index in [1.54, 1.807) is 6.92 Å². The number of rotatable bonds is 8. The van der Waals surface area contributed by atoms with Crippen molar-refractivity contribution in [2.75, 3.05) is 12.3 Å². The van der Waals surface area contributed by atoms with Crippen molar-refractivity contribution in [3.05, 3.63) is 12.7 Å². The fourth-order valence-electron chi connectivity index (χ4n) is 4.04. The maximum absolute atomic E-state index is 16.3. The summed E-state index contributed by atoms with van der Waals surface area (Å²) in [6.07, 6.45) is 6.70. The molecule has 5 atom stereocenters. The van der Waals surface area contributed by atoms with Crippen molar-refractivity contribution in [1.82, 2.24) is 19.5 Å². The zero-order chi connectivity index (χ0) is 23.7. The van der Waals surface area contributed by atoms with E-state index in [1.807, 2.05) is 0 Å². The van der Waals surface area contributed by atoms with Gasteiger partial charge in [-0.15, -0.1) is 6.42 Å². The van der Waals surface area contributed by atoms with Gasteiger partial charge in [-0.05, 0) is 12.8 Å². The van der Waals surface area contributed by atoms with E-state index in [2.05, 4.69) is 20.9 Å². The summed E-state index contributed by atoms with van der Waals surface area (Å²) in [4.78, 5) is 35.7. The SMILES string of the molecule is C#C[C@@]1(O)[C@H](n2cnc3c(N)ncnc32)O[C@@](F)(COC(=O)CCC)[C@H]1C(CC)C(=O)O. The zero-order valence-electron chi connectivity index (χ0n) is 17.6. The number of esters is 1. The van der Waals surface area contributed by atoms with Crippen molar-refractivity contribution >= 4 is 28.9 Å². The number of carboxylic acids is 1. The molecule has 0 aliphatic carbocycles. The van der Waals surface area contributed by atoms with E-state index in [9.17, 15) is 19.8 Å². The molecule has 0 aromatic carbocycles. The van der Waals surface area contributed by atoms with Crippen LogP contribution in [0.2, 0.25) is 0 Å². The summed E-state index contributed by atoms with van der Waals surface area (Å²) in [7, 11) is 0. The standard InChI is InChI=1S/C20H24FN5O6/c1-4-7-12(27)31-8-20(21)14(11(5-2)17(28)29)19(30,6-3)18(32-20)26-10-25-13-15(22)23-9-24-16(13)26/h3,9-11,14,18,30H,4-5,7-8H2,1-2H3,(H,28,29)(H2,22,23,24)/t11?,14-,18+,19-,20-/m0/s1. The number of imidazole rings is 1. The van der Waals surface area contributed by atoms with Crippen molar-refractivity contribution in [1.29, 1.82) is 0 Å². The van der Waals surface area contributed by atoms with Gasteiger partial charge in [0, 0.05) is 6.42 Å². The number of fused-ring (bicyclic) bond motifs is 1. The van der Waals surface area contributed by atoms with Gasteiger partial charge in [-0.25, -0.2) is 19.3 Å². The van der Waals surface area contributed by atoms with Gasteiger partial charge in [0.1, 0.15) is 11.8 Å². The fraction of sp³-hybridized carbons (Fsp3) is 0.550. The number of anilines is 1. The first-order valence-electron chi connectivity index (χ1n) is 10.0.